The van der Waals surface area contributed by atoms with Crippen molar-refractivity contribution in [1.29, 1.82) is 0 Å². The van der Waals surface area contributed by atoms with Crippen LogP contribution in [0.2, 0.25) is 0 Å². The molecule has 2 N–H and O–H groups in total. The van der Waals surface area contributed by atoms with E-state index in [1.807, 2.05) is 18.2 Å². The summed E-state index contributed by atoms with van der Waals surface area (Å²) >= 11 is 0. The first-order valence-electron chi connectivity index (χ1n) is 16.1. The number of methoxy groups -OCH3 is 2. The molecule has 3 aliphatic carbocycles. The number of aromatic hydroxyl groups is 1. The van der Waals surface area contributed by atoms with E-state index in [0.717, 1.165) is 23.1 Å². The van der Waals surface area contributed by atoms with Crippen molar-refractivity contribution in [2.45, 2.75) is 73.1 Å². The number of carbonyl (C=O) groups is 4. The van der Waals surface area contributed by atoms with Gasteiger partial charge in [0.25, 0.3) is 0 Å². The molecular formula is C38H44O8. The Labute approximate surface area is 270 Å². The lowest BCUT2D eigenvalue weighted by Gasteiger charge is -2.47. The summed E-state index contributed by atoms with van der Waals surface area (Å²) in [4.78, 5) is 52.8. The second-order valence-corrected chi connectivity index (χ2v) is 13.8. The van der Waals surface area contributed by atoms with Crippen molar-refractivity contribution in [1.82, 2.24) is 0 Å². The monoisotopic (exact) mass is 628 g/mol. The molecular weight excluding hydrogens is 584 g/mol. The molecule has 0 saturated heterocycles. The maximum Gasteiger partial charge on any atom is 0.308 e. The molecule has 8 heteroatoms. The lowest BCUT2D eigenvalue weighted by molar-refractivity contribution is -0.146. The number of fused-ring (bicyclic) bond motifs is 3. The highest BCUT2D eigenvalue weighted by molar-refractivity contribution is 6.24. The number of aryl methyl sites for hydroxylation is 1. The molecule has 0 amide bonds. The van der Waals surface area contributed by atoms with Crippen LogP contribution in [0.1, 0.15) is 81.8 Å². The third-order valence-electron chi connectivity index (χ3n) is 10.4. The smallest absolute Gasteiger partial charge is 0.308 e. The van der Waals surface area contributed by atoms with Crippen molar-refractivity contribution in [2.24, 2.45) is 29.1 Å². The standard InChI is InChI=1S/C38H44O8/c1-19(2)14-23(37(44)46-7)10-8-22-9-13-30(45-6)27(16-22)26-11-12-29(40)33-28(26)18-24-17-25-15-20(3)31(21(4)39)35(42)38(25,5)36(43)32(24)34(33)41/h9,11-13,16,19,23-25,40,43H,8,10,14-15,17-18H2,1-7H3/t23?,24-,25-,38-/m1/s1. The number of phenolic OH excluding ortho intramolecular Hbond substituents is 1. The minimum absolute atomic E-state index is 0.104. The van der Waals surface area contributed by atoms with E-state index in [4.69, 9.17) is 9.47 Å². The average molecular weight is 629 g/mol. The summed E-state index contributed by atoms with van der Waals surface area (Å²) in [6, 6.07) is 9.12. The van der Waals surface area contributed by atoms with Crippen molar-refractivity contribution in [3.8, 4) is 22.6 Å². The van der Waals surface area contributed by atoms with E-state index in [9.17, 15) is 29.4 Å². The predicted octanol–water partition coefficient (Wildman–Crippen LogP) is 6.91. The largest absolute Gasteiger partial charge is 0.511 e. The van der Waals surface area contributed by atoms with Crippen molar-refractivity contribution in [3.63, 3.8) is 0 Å². The molecule has 0 fully saturated rings. The Hall–Kier alpha value is -4.20. The lowest BCUT2D eigenvalue weighted by Crippen LogP contribution is -2.49. The molecule has 0 spiro atoms. The molecule has 2 aromatic carbocycles. The number of carbonyl (C=O) groups excluding carboxylic acids is 4. The number of Topliss-reactive ketones (excluding diaryl/α,β-unsaturated/α-hetero) is 3. The maximum absolute atomic E-state index is 14.2. The Kier molecular flexibility index (Phi) is 9.04. The topological polar surface area (TPSA) is 127 Å². The number of benzene rings is 2. The second kappa shape index (κ2) is 12.5. The zero-order valence-corrected chi connectivity index (χ0v) is 27.8. The van der Waals surface area contributed by atoms with Gasteiger partial charge in [-0.25, -0.2) is 0 Å². The number of ketones is 3. The van der Waals surface area contributed by atoms with E-state index in [-0.39, 0.29) is 57.7 Å². The molecule has 0 radical (unpaired) electrons. The number of allylic oxidation sites excluding steroid dienone is 4. The molecule has 3 aliphatic rings. The summed E-state index contributed by atoms with van der Waals surface area (Å²) in [6.45, 7) is 8.94. The lowest BCUT2D eigenvalue weighted by atomic mass is 9.54. The summed E-state index contributed by atoms with van der Waals surface area (Å²) < 4.78 is 10.8. The average Bonchev–Trinajstić information content (AvgIpc) is 3.00. The fraction of sp³-hybridized carbons (Fsp3) is 0.474. The predicted molar refractivity (Wildman–Crippen MR) is 174 cm³/mol. The summed E-state index contributed by atoms with van der Waals surface area (Å²) in [5.74, 6) is -1.92. The van der Waals surface area contributed by atoms with Gasteiger partial charge in [-0.1, -0.05) is 31.6 Å². The van der Waals surface area contributed by atoms with Gasteiger partial charge in [0.05, 0.1) is 36.7 Å². The molecule has 4 atom stereocenters. The molecule has 8 nitrogen and oxygen atoms in total. The van der Waals surface area contributed by atoms with Crippen LogP contribution in [0.15, 0.2) is 52.8 Å². The normalized spacial score (nSPS) is 23.1. The molecule has 0 heterocycles. The van der Waals surface area contributed by atoms with E-state index in [1.165, 1.54) is 20.1 Å². The number of ether oxygens (including phenoxy) is 2. The highest BCUT2D eigenvalue weighted by Crippen LogP contribution is 2.56. The third kappa shape index (κ3) is 5.46. The summed E-state index contributed by atoms with van der Waals surface area (Å²) in [5, 5.41) is 22.7. The third-order valence-corrected chi connectivity index (χ3v) is 10.4. The number of hydrogen-bond donors (Lipinski definition) is 2. The molecule has 0 aliphatic heterocycles. The van der Waals surface area contributed by atoms with Crippen molar-refractivity contribution in [2.75, 3.05) is 14.2 Å². The molecule has 244 valence electrons. The van der Waals surface area contributed by atoms with Gasteiger partial charge in [0.1, 0.15) is 17.3 Å². The number of phenols is 1. The van der Waals surface area contributed by atoms with Gasteiger partial charge in [0.2, 0.25) is 0 Å². The molecule has 2 aromatic rings. The number of aliphatic hydroxyl groups excluding tert-OH is 1. The Morgan fingerprint density at radius 1 is 1.04 bits per heavy atom. The Morgan fingerprint density at radius 3 is 2.39 bits per heavy atom. The molecule has 46 heavy (non-hydrogen) atoms. The van der Waals surface area contributed by atoms with Crippen molar-refractivity contribution >= 4 is 23.3 Å². The van der Waals surface area contributed by atoms with Crippen LogP contribution < -0.4 is 4.74 Å². The second-order valence-electron chi connectivity index (χ2n) is 13.8. The number of aliphatic hydroxyl groups is 1. The van der Waals surface area contributed by atoms with Crippen LogP contribution in [0.4, 0.5) is 0 Å². The Bertz CT molecular complexity index is 1690. The van der Waals surface area contributed by atoms with E-state index in [0.29, 0.717) is 54.9 Å². The van der Waals surface area contributed by atoms with Crippen LogP contribution in [0.5, 0.6) is 11.5 Å². The van der Waals surface area contributed by atoms with Gasteiger partial charge in [-0.2, -0.15) is 0 Å². The van der Waals surface area contributed by atoms with Gasteiger partial charge in [0, 0.05) is 11.1 Å². The van der Waals surface area contributed by atoms with Gasteiger partial charge in [-0.05, 0) is 112 Å². The van der Waals surface area contributed by atoms with Crippen LogP contribution in [-0.4, -0.2) is 47.8 Å². The van der Waals surface area contributed by atoms with Crippen LogP contribution >= 0.6 is 0 Å². The number of esters is 1. The first-order chi connectivity index (χ1) is 21.7. The van der Waals surface area contributed by atoms with Crippen molar-refractivity contribution < 1.29 is 38.9 Å². The highest BCUT2D eigenvalue weighted by atomic mass is 16.5. The number of hydrogen-bond acceptors (Lipinski definition) is 8. The summed E-state index contributed by atoms with van der Waals surface area (Å²) in [6.07, 6.45) is 3.31. The SMILES string of the molecule is COC(=O)C(CCc1ccc(OC)c(-c2ccc(O)c3c2C[C@H]2C[C@H]4CC(C)=C(C(C)=O)C(=O)[C@]4(C)C(O)=C2C3=O)c1)CC(C)C. The molecule has 0 bridgehead atoms. The van der Waals surface area contributed by atoms with Crippen LogP contribution in [0, 0.1) is 29.1 Å². The van der Waals surface area contributed by atoms with Gasteiger partial charge >= 0.3 is 5.97 Å². The zero-order chi connectivity index (χ0) is 33.7. The molecule has 0 saturated carbocycles. The number of rotatable bonds is 9. The molecule has 1 unspecified atom stereocenters. The van der Waals surface area contributed by atoms with E-state index in [1.54, 1.807) is 27.0 Å². The summed E-state index contributed by atoms with van der Waals surface area (Å²) in [7, 11) is 3.00. The fourth-order valence-corrected chi connectivity index (χ4v) is 8.07. The van der Waals surface area contributed by atoms with Crippen molar-refractivity contribution in [3.05, 3.63) is 69.5 Å². The first kappa shape index (κ1) is 33.2. The van der Waals surface area contributed by atoms with Crippen LogP contribution in [0.3, 0.4) is 0 Å². The fourth-order valence-electron chi connectivity index (χ4n) is 8.07. The van der Waals surface area contributed by atoms with E-state index in [2.05, 4.69) is 13.8 Å². The minimum atomic E-state index is -1.39. The molecule has 5 rings (SSSR count). The van der Waals surface area contributed by atoms with Gasteiger partial charge < -0.3 is 19.7 Å². The Balaban J connectivity index is 1.57. The Morgan fingerprint density at radius 2 is 1.76 bits per heavy atom. The van der Waals surface area contributed by atoms with Crippen LogP contribution in [0.25, 0.3) is 11.1 Å². The van der Waals surface area contributed by atoms with E-state index < -0.39 is 17.0 Å². The minimum Gasteiger partial charge on any atom is -0.511 e. The molecule has 0 aromatic heterocycles. The highest BCUT2D eigenvalue weighted by Gasteiger charge is 2.56. The van der Waals surface area contributed by atoms with Gasteiger partial charge in [0.15, 0.2) is 17.3 Å². The van der Waals surface area contributed by atoms with Crippen LogP contribution in [-0.2, 0) is 32.0 Å². The van der Waals surface area contributed by atoms with Gasteiger partial charge in [-0.3, -0.25) is 19.2 Å². The summed E-state index contributed by atoms with van der Waals surface area (Å²) in [5.41, 5.74) is 2.84. The zero-order valence-electron chi connectivity index (χ0n) is 27.8. The maximum atomic E-state index is 14.2. The van der Waals surface area contributed by atoms with Gasteiger partial charge in [-0.15, -0.1) is 0 Å². The quantitative estimate of drug-likeness (QED) is 0.227. The van der Waals surface area contributed by atoms with E-state index >= 15 is 0 Å². The first-order valence-corrected chi connectivity index (χ1v) is 16.1.